The summed E-state index contributed by atoms with van der Waals surface area (Å²) in [5, 5.41) is 1.82. The van der Waals surface area contributed by atoms with Gasteiger partial charge in [0.25, 0.3) is 0 Å². The molecule has 1 aromatic carbocycles. The number of benzene rings is 1. The van der Waals surface area contributed by atoms with Crippen molar-refractivity contribution in [2.45, 2.75) is 18.4 Å². The van der Waals surface area contributed by atoms with Gasteiger partial charge in [-0.25, -0.2) is 17.2 Å². The molecule has 1 heterocycles. The number of thiophene rings is 1. The van der Waals surface area contributed by atoms with Crippen LogP contribution in [0.5, 0.6) is 0 Å². The fourth-order valence-corrected chi connectivity index (χ4v) is 4.14. The molecule has 0 spiro atoms. The lowest BCUT2D eigenvalue weighted by Gasteiger charge is -2.20. The molecule has 0 aliphatic carbocycles. The van der Waals surface area contributed by atoms with Gasteiger partial charge in [-0.3, -0.25) is 0 Å². The minimum atomic E-state index is -4.20. The maximum Gasteiger partial charge on any atom is 0.249 e. The summed E-state index contributed by atoms with van der Waals surface area (Å²) >= 11 is 1.39. The largest absolute Gasteiger partial charge is 0.249 e. The molecule has 20 heavy (non-hydrogen) atoms. The number of halogens is 2. The van der Waals surface area contributed by atoms with Gasteiger partial charge in [0, 0.05) is 18.0 Å². The first kappa shape index (κ1) is 15.1. The van der Waals surface area contributed by atoms with Crippen molar-refractivity contribution in [1.29, 1.82) is 0 Å². The van der Waals surface area contributed by atoms with Crippen molar-refractivity contribution in [3.63, 3.8) is 0 Å². The fraction of sp³-hybridized carbons (Fsp3) is 0.231. The molecule has 2 rings (SSSR count). The normalized spacial score (nSPS) is 12.0. The number of hydrogen-bond acceptors (Lipinski definition) is 3. The third-order valence-electron chi connectivity index (χ3n) is 2.78. The molecule has 2 aromatic rings. The number of nitrogens with zero attached hydrogens (tertiary/aromatic N) is 1. The topological polar surface area (TPSA) is 37.4 Å². The molecule has 0 amide bonds. The summed E-state index contributed by atoms with van der Waals surface area (Å²) in [4.78, 5) is -0.0782. The summed E-state index contributed by atoms with van der Waals surface area (Å²) in [6.07, 6.45) is 0. The van der Waals surface area contributed by atoms with Crippen LogP contribution < -0.4 is 0 Å². The van der Waals surface area contributed by atoms with Crippen LogP contribution in [-0.2, 0) is 16.6 Å². The number of rotatable bonds is 5. The lowest BCUT2D eigenvalue weighted by atomic mass is 10.3. The maximum atomic E-state index is 13.7. The molecular formula is C13H13F2NO2S2. The molecule has 108 valence electrons. The van der Waals surface area contributed by atoms with E-state index >= 15 is 0 Å². The van der Waals surface area contributed by atoms with E-state index in [1.807, 2.05) is 5.38 Å². The highest BCUT2D eigenvalue weighted by atomic mass is 32.2. The molecular weight excluding hydrogens is 304 g/mol. The molecule has 0 aliphatic heterocycles. The van der Waals surface area contributed by atoms with Gasteiger partial charge in [-0.05, 0) is 23.6 Å². The summed E-state index contributed by atoms with van der Waals surface area (Å²) < 4.78 is 53.2. The Morgan fingerprint density at radius 1 is 1.15 bits per heavy atom. The minimum absolute atomic E-state index is 0.101. The van der Waals surface area contributed by atoms with Gasteiger partial charge in [0.15, 0.2) is 4.90 Å². The highest BCUT2D eigenvalue weighted by Crippen LogP contribution is 2.24. The molecule has 0 radical (unpaired) electrons. The molecule has 3 nitrogen and oxygen atoms in total. The second kappa shape index (κ2) is 5.99. The van der Waals surface area contributed by atoms with E-state index in [0.29, 0.717) is 0 Å². The van der Waals surface area contributed by atoms with Crippen molar-refractivity contribution in [1.82, 2.24) is 4.31 Å². The Balaban J connectivity index is 2.42. The van der Waals surface area contributed by atoms with Crippen LogP contribution in [0.15, 0.2) is 40.6 Å². The third-order valence-corrected chi connectivity index (χ3v) is 5.62. The Bertz CT molecular complexity index is 664. The Morgan fingerprint density at radius 2 is 1.80 bits per heavy atom. The van der Waals surface area contributed by atoms with E-state index in [9.17, 15) is 17.2 Å². The molecule has 0 fully saturated rings. The second-order valence-electron chi connectivity index (χ2n) is 4.06. The van der Waals surface area contributed by atoms with E-state index in [0.717, 1.165) is 27.4 Å². The molecule has 0 bridgehead atoms. The molecule has 0 aliphatic rings. The Labute approximate surface area is 120 Å². The molecule has 1 aromatic heterocycles. The van der Waals surface area contributed by atoms with Gasteiger partial charge in [-0.2, -0.15) is 4.31 Å². The standard InChI is InChI=1S/C13H13F2NO2S2/c1-2-16(9-10-5-4-8-19-10)20(17,18)13-11(14)6-3-7-12(13)15/h3-8H,2,9H2,1H3. The van der Waals surface area contributed by atoms with Crippen molar-refractivity contribution in [3.8, 4) is 0 Å². The van der Waals surface area contributed by atoms with E-state index in [-0.39, 0.29) is 13.1 Å². The van der Waals surface area contributed by atoms with E-state index in [2.05, 4.69) is 0 Å². The monoisotopic (exact) mass is 317 g/mol. The molecule has 7 heteroatoms. The summed E-state index contributed by atoms with van der Waals surface area (Å²) in [6, 6.07) is 6.59. The Hall–Kier alpha value is -1.31. The molecule has 0 N–H and O–H groups in total. The predicted molar refractivity (Wildman–Crippen MR) is 73.9 cm³/mol. The molecule has 0 saturated heterocycles. The number of sulfonamides is 1. The van der Waals surface area contributed by atoms with Crippen LogP contribution in [0.4, 0.5) is 8.78 Å². The highest BCUT2D eigenvalue weighted by Gasteiger charge is 2.29. The molecule has 0 unspecified atom stereocenters. The van der Waals surface area contributed by atoms with Gasteiger partial charge in [-0.15, -0.1) is 11.3 Å². The quantitative estimate of drug-likeness (QED) is 0.849. The van der Waals surface area contributed by atoms with E-state index in [1.165, 1.54) is 11.3 Å². The lowest BCUT2D eigenvalue weighted by Crippen LogP contribution is -2.31. The second-order valence-corrected chi connectivity index (χ2v) is 6.97. The summed E-state index contributed by atoms with van der Waals surface area (Å²) in [7, 11) is -4.20. The first-order valence-electron chi connectivity index (χ1n) is 5.93. The Morgan fingerprint density at radius 3 is 2.30 bits per heavy atom. The predicted octanol–water partition coefficient (Wildman–Crippen LogP) is 3.24. The third kappa shape index (κ3) is 2.89. The zero-order valence-electron chi connectivity index (χ0n) is 10.7. The van der Waals surface area contributed by atoms with Crippen molar-refractivity contribution >= 4 is 21.4 Å². The van der Waals surface area contributed by atoms with Crippen molar-refractivity contribution < 1.29 is 17.2 Å². The van der Waals surface area contributed by atoms with Crippen molar-refractivity contribution in [2.24, 2.45) is 0 Å². The highest BCUT2D eigenvalue weighted by molar-refractivity contribution is 7.89. The van der Waals surface area contributed by atoms with Gasteiger partial charge in [-0.1, -0.05) is 19.1 Å². The van der Waals surface area contributed by atoms with Crippen molar-refractivity contribution in [2.75, 3.05) is 6.54 Å². The lowest BCUT2D eigenvalue weighted by molar-refractivity contribution is 0.415. The van der Waals surface area contributed by atoms with Crippen LogP contribution in [0.25, 0.3) is 0 Å². The van der Waals surface area contributed by atoms with Gasteiger partial charge >= 0.3 is 0 Å². The van der Waals surface area contributed by atoms with Crippen LogP contribution in [-0.4, -0.2) is 19.3 Å². The van der Waals surface area contributed by atoms with E-state index in [4.69, 9.17) is 0 Å². The SMILES string of the molecule is CCN(Cc1cccs1)S(=O)(=O)c1c(F)cccc1F. The molecule has 0 saturated carbocycles. The molecule has 0 atom stereocenters. The van der Waals surface area contributed by atoms with Gasteiger partial charge < -0.3 is 0 Å². The number of hydrogen-bond donors (Lipinski definition) is 0. The van der Waals surface area contributed by atoms with E-state index < -0.39 is 26.6 Å². The van der Waals surface area contributed by atoms with Gasteiger partial charge in [0.2, 0.25) is 10.0 Å². The van der Waals surface area contributed by atoms with Crippen molar-refractivity contribution in [3.05, 3.63) is 52.2 Å². The first-order chi connectivity index (χ1) is 9.46. The van der Waals surface area contributed by atoms with Gasteiger partial charge in [0.05, 0.1) is 0 Å². The minimum Gasteiger partial charge on any atom is -0.207 e. The summed E-state index contributed by atoms with van der Waals surface area (Å²) in [6.45, 7) is 1.86. The average Bonchev–Trinajstić information content (AvgIpc) is 2.88. The van der Waals surface area contributed by atoms with Crippen LogP contribution in [0.2, 0.25) is 0 Å². The summed E-state index contributed by atoms with van der Waals surface area (Å²) in [5.74, 6) is -2.15. The van der Waals surface area contributed by atoms with Crippen LogP contribution in [0, 0.1) is 11.6 Å². The summed E-state index contributed by atoms with van der Waals surface area (Å²) in [5.41, 5.74) is 0. The van der Waals surface area contributed by atoms with Gasteiger partial charge in [0.1, 0.15) is 11.6 Å². The smallest absolute Gasteiger partial charge is 0.207 e. The first-order valence-corrected chi connectivity index (χ1v) is 8.25. The maximum absolute atomic E-state index is 13.7. The fourth-order valence-electron chi connectivity index (χ4n) is 1.80. The average molecular weight is 317 g/mol. The van der Waals surface area contributed by atoms with E-state index in [1.54, 1.807) is 19.1 Å². The van der Waals surface area contributed by atoms with Crippen LogP contribution in [0.1, 0.15) is 11.8 Å². The Kier molecular flexibility index (Phi) is 4.52. The zero-order chi connectivity index (χ0) is 14.8. The van der Waals surface area contributed by atoms with Crippen LogP contribution >= 0.6 is 11.3 Å². The van der Waals surface area contributed by atoms with Crippen LogP contribution in [0.3, 0.4) is 0 Å². The zero-order valence-corrected chi connectivity index (χ0v) is 12.3.